The number of nitrogens with one attached hydrogen (secondary N) is 1. The van der Waals surface area contributed by atoms with Crippen LogP contribution in [0.3, 0.4) is 0 Å². The average Bonchev–Trinajstić information content (AvgIpc) is 2.69. The van der Waals surface area contributed by atoms with Gasteiger partial charge in [-0.05, 0) is 36.1 Å². The number of nitrogens with zero attached hydrogens (tertiary/aromatic N) is 1. The van der Waals surface area contributed by atoms with Crippen LogP contribution in [-0.2, 0) is 19.5 Å². The summed E-state index contributed by atoms with van der Waals surface area (Å²) in [4.78, 5) is 2.49. The van der Waals surface area contributed by atoms with E-state index in [4.69, 9.17) is 11.1 Å². The summed E-state index contributed by atoms with van der Waals surface area (Å²) in [6.07, 6.45) is 2.39. The number of fused-ring (bicyclic) bond motifs is 1. The molecule has 3 N–H and O–H groups in total. The Morgan fingerprint density at radius 2 is 1.76 bits per heavy atom. The zero-order valence-corrected chi connectivity index (χ0v) is 12.2. The normalized spacial score (nSPS) is 15.2. The van der Waals surface area contributed by atoms with Gasteiger partial charge in [-0.25, -0.2) is 0 Å². The van der Waals surface area contributed by atoms with Crippen LogP contribution in [0.5, 0.6) is 0 Å². The maximum atomic E-state index is 7.44. The van der Waals surface area contributed by atoms with Gasteiger partial charge in [0.05, 0.1) is 0 Å². The number of hydrogen-bond donors (Lipinski definition) is 2. The SMILES string of the molecule is N=C(N)c1ccc(CN2CCCc3ccccc3C2)cc1. The lowest BCUT2D eigenvalue weighted by Gasteiger charge is -2.20. The van der Waals surface area contributed by atoms with Gasteiger partial charge in [-0.1, -0.05) is 48.5 Å². The summed E-state index contributed by atoms with van der Waals surface area (Å²) in [5, 5.41) is 7.44. The number of amidine groups is 1. The highest BCUT2D eigenvalue weighted by atomic mass is 15.1. The molecule has 1 heterocycles. The molecule has 21 heavy (non-hydrogen) atoms. The van der Waals surface area contributed by atoms with Crippen molar-refractivity contribution in [3.05, 3.63) is 70.8 Å². The smallest absolute Gasteiger partial charge is 0.122 e. The van der Waals surface area contributed by atoms with Crippen LogP contribution in [0.25, 0.3) is 0 Å². The minimum atomic E-state index is 0.130. The molecule has 0 radical (unpaired) electrons. The third-order valence-electron chi connectivity index (χ3n) is 4.10. The van der Waals surface area contributed by atoms with Crippen LogP contribution in [0.4, 0.5) is 0 Å². The maximum absolute atomic E-state index is 7.44. The molecule has 0 saturated carbocycles. The summed E-state index contributed by atoms with van der Waals surface area (Å²) in [6.45, 7) is 3.10. The van der Waals surface area contributed by atoms with Crippen molar-refractivity contribution in [2.45, 2.75) is 25.9 Å². The molecule has 0 saturated heterocycles. The number of nitrogens with two attached hydrogens (primary N) is 1. The number of rotatable bonds is 3. The molecule has 3 nitrogen and oxygen atoms in total. The first-order valence-electron chi connectivity index (χ1n) is 7.45. The molecule has 0 spiro atoms. The van der Waals surface area contributed by atoms with Crippen molar-refractivity contribution >= 4 is 5.84 Å². The summed E-state index contributed by atoms with van der Waals surface area (Å²) in [5.41, 5.74) is 10.5. The quantitative estimate of drug-likeness (QED) is 0.670. The van der Waals surface area contributed by atoms with Crippen molar-refractivity contribution in [3.63, 3.8) is 0 Å². The van der Waals surface area contributed by atoms with Gasteiger partial charge in [-0.2, -0.15) is 0 Å². The van der Waals surface area contributed by atoms with E-state index in [-0.39, 0.29) is 5.84 Å². The first-order chi connectivity index (χ1) is 10.2. The minimum absolute atomic E-state index is 0.130. The van der Waals surface area contributed by atoms with E-state index in [2.05, 4.69) is 41.3 Å². The first-order valence-corrected chi connectivity index (χ1v) is 7.45. The molecule has 0 aliphatic carbocycles. The van der Waals surface area contributed by atoms with E-state index < -0.39 is 0 Å². The lowest BCUT2D eigenvalue weighted by Crippen LogP contribution is -2.22. The first kappa shape index (κ1) is 13.8. The van der Waals surface area contributed by atoms with Crippen molar-refractivity contribution in [1.82, 2.24) is 4.90 Å². The third kappa shape index (κ3) is 3.31. The predicted octanol–water partition coefficient (Wildman–Crippen LogP) is 2.92. The van der Waals surface area contributed by atoms with Gasteiger partial charge in [0.1, 0.15) is 5.84 Å². The minimum Gasteiger partial charge on any atom is -0.384 e. The molecular weight excluding hydrogens is 258 g/mol. The molecule has 0 amide bonds. The Bertz CT molecular complexity index is 631. The molecule has 0 unspecified atom stereocenters. The zero-order chi connectivity index (χ0) is 14.7. The van der Waals surface area contributed by atoms with Crippen LogP contribution in [0.15, 0.2) is 48.5 Å². The van der Waals surface area contributed by atoms with Crippen molar-refractivity contribution in [3.8, 4) is 0 Å². The van der Waals surface area contributed by atoms with Gasteiger partial charge < -0.3 is 5.73 Å². The summed E-state index contributed by atoms with van der Waals surface area (Å²) in [7, 11) is 0. The van der Waals surface area contributed by atoms with Crippen molar-refractivity contribution in [2.24, 2.45) is 5.73 Å². The maximum Gasteiger partial charge on any atom is 0.122 e. The van der Waals surface area contributed by atoms with E-state index in [1.807, 2.05) is 12.1 Å². The second-order valence-electron chi connectivity index (χ2n) is 5.69. The molecular formula is C18H21N3. The molecule has 0 bridgehead atoms. The molecule has 0 atom stereocenters. The third-order valence-corrected chi connectivity index (χ3v) is 4.10. The highest BCUT2D eigenvalue weighted by Gasteiger charge is 2.14. The summed E-state index contributed by atoms with van der Waals surface area (Å²) < 4.78 is 0. The van der Waals surface area contributed by atoms with Crippen molar-refractivity contribution in [1.29, 1.82) is 5.41 Å². The van der Waals surface area contributed by atoms with Gasteiger partial charge in [0.25, 0.3) is 0 Å². The monoisotopic (exact) mass is 279 g/mol. The lowest BCUT2D eigenvalue weighted by atomic mass is 10.0. The van der Waals surface area contributed by atoms with E-state index >= 15 is 0 Å². The Balaban J connectivity index is 1.71. The number of nitrogen functional groups attached to an aromatic ring is 1. The predicted molar refractivity (Wildman–Crippen MR) is 86.3 cm³/mol. The van der Waals surface area contributed by atoms with Crippen LogP contribution < -0.4 is 5.73 Å². The fourth-order valence-corrected chi connectivity index (χ4v) is 2.95. The molecule has 3 rings (SSSR count). The van der Waals surface area contributed by atoms with E-state index in [0.29, 0.717) is 0 Å². The van der Waals surface area contributed by atoms with Gasteiger partial charge in [0.2, 0.25) is 0 Å². The Labute approximate surface area is 125 Å². The average molecular weight is 279 g/mol. The van der Waals surface area contributed by atoms with E-state index in [1.54, 1.807) is 0 Å². The van der Waals surface area contributed by atoms with Crippen LogP contribution >= 0.6 is 0 Å². The molecule has 3 heteroatoms. The number of hydrogen-bond acceptors (Lipinski definition) is 2. The Morgan fingerprint density at radius 3 is 2.48 bits per heavy atom. The van der Waals surface area contributed by atoms with Gasteiger partial charge >= 0.3 is 0 Å². The highest BCUT2D eigenvalue weighted by molar-refractivity contribution is 5.94. The number of benzene rings is 2. The molecule has 0 aromatic heterocycles. The second-order valence-corrected chi connectivity index (χ2v) is 5.69. The summed E-state index contributed by atoms with van der Waals surface area (Å²) in [5.74, 6) is 0.130. The molecule has 1 aliphatic heterocycles. The van der Waals surface area contributed by atoms with Gasteiger partial charge in [0.15, 0.2) is 0 Å². The molecule has 1 aliphatic rings. The number of aryl methyl sites for hydroxylation is 1. The largest absolute Gasteiger partial charge is 0.384 e. The Morgan fingerprint density at radius 1 is 1.05 bits per heavy atom. The topological polar surface area (TPSA) is 53.1 Å². The van der Waals surface area contributed by atoms with Gasteiger partial charge in [0, 0.05) is 18.7 Å². The van der Waals surface area contributed by atoms with Gasteiger partial charge in [-0.15, -0.1) is 0 Å². The van der Waals surface area contributed by atoms with E-state index in [0.717, 1.165) is 25.2 Å². The lowest BCUT2D eigenvalue weighted by molar-refractivity contribution is 0.261. The molecule has 108 valence electrons. The van der Waals surface area contributed by atoms with Crippen molar-refractivity contribution in [2.75, 3.05) is 6.54 Å². The Kier molecular flexibility index (Phi) is 4.02. The highest BCUT2D eigenvalue weighted by Crippen LogP contribution is 2.20. The molecule has 2 aromatic rings. The van der Waals surface area contributed by atoms with Crippen molar-refractivity contribution < 1.29 is 0 Å². The van der Waals surface area contributed by atoms with E-state index in [9.17, 15) is 0 Å². The summed E-state index contributed by atoms with van der Waals surface area (Å²) >= 11 is 0. The summed E-state index contributed by atoms with van der Waals surface area (Å²) in [6, 6.07) is 16.8. The van der Waals surface area contributed by atoms with Crippen LogP contribution in [0.1, 0.15) is 28.7 Å². The molecule has 0 fully saturated rings. The molecule has 2 aromatic carbocycles. The standard InChI is InChI=1S/C18H21N3/c19-18(20)16-9-7-14(8-10-16)12-21-11-3-6-15-4-1-2-5-17(15)13-21/h1-2,4-5,7-10H,3,6,11-13H2,(H3,19,20). The fourth-order valence-electron chi connectivity index (χ4n) is 2.95. The second kappa shape index (κ2) is 6.10. The van der Waals surface area contributed by atoms with Crippen LogP contribution in [0, 0.1) is 5.41 Å². The van der Waals surface area contributed by atoms with Gasteiger partial charge in [-0.3, -0.25) is 10.3 Å². The van der Waals surface area contributed by atoms with Crippen LogP contribution in [0.2, 0.25) is 0 Å². The zero-order valence-electron chi connectivity index (χ0n) is 12.2. The van der Waals surface area contributed by atoms with E-state index in [1.165, 1.54) is 29.5 Å². The Hall–Kier alpha value is -2.13. The fraction of sp³-hybridized carbons (Fsp3) is 0.278. The van der Waals surface area contributed by atoms with Crippen LogP contribution in [-0.4, -0.2) is 17.3 Å².